The van der Waals surface area contributed by atoms with Crippen molar-refractivity contribution < 1.29 is 9.18 Å². The highest BCUT2D eigenvalue weighted by Crippen LogP contribution is 2.12. The SMILES string of the molecule is O=C(c1cccnc1)N1CCCN(Cc2ccc(F)cc2)CC1. The van der Waals surface area contributed by atoms with Gasteiger partial charge in [0.2, 0.25) is 0 Å². The number of pyridine rings is 1. The van der Waals surface area contributed by atoms with Gasteiger partial charge in [-0.25, -0.2) is 4.39 Å². The fourth-order valence-corrected chi connectivity index (χ4v) is 2.85. The Labute approximate surface area is 135 Å². The molecule has 0 spiro atoms. The van der Waals surface area contributed by atoms with Crippen molar-refractivity contribution in [2.24, 2.45) is 0 Å². The van der Waals surface area contributed by atoms with Gasteiger partial charge in [0, 0.05) is 45.1 Å². The van der Waals surface area contributed by atoms with Crippen LogP contribution in [-0.2, 0) is 6.54 Å². The van der Waals surface area contributed by atoms with Crippen LogP contribution in [-0.4, -0.2) is 46.9 Å². The van der Waals surface area contributed by atoms with Gasteiger partial charge in [-0.05, 0) is 36.2 Å². The summed E-state index contributed by atoms with van der Waals surface area (Å²) in [5.41, 5.74) is 1.73. The Morgan fingerprint density at radius 1 is 1.09 bits per heavy atom. The van der Waals surface area contributed by atoms with Crippen molar-refractivity contribution >= 4 is 5.91 Å². The topological polar surface area (TPSA) is 36.4 Å². The lowest BCUT2D eigenvalue weighted by molar-refractivity contribution is 0.0760. The van der Waals surface area contributed by atoms with Gasteiger partial charge in [-0.2, -0.15) is 0 Å². The predicted octanol–water partition coefficient (Wildman–Crippen LogP) is 2.57. The van der Waals surface area contributed by atoms with Gasteiger partial charge in [0.05, 0.1) is 5.56 Å². The molecule has 1 amide bonds. The first kappa shape index (κ1) is 15.6. The van der Waals surface area contributed by atoms with Crippen molar-refractivity contribution in [2.45, 2.75) is 13.0 Å². The fourth-order valence-electron chi connectivity index (χ4n) is 2.85. The number of benzene rings is 1. The summed E-state index contributed by atoms with van der Waals surface area (Å²) in [6, 6.07) is 10.2. The third-order valence-corrected chi connectivity index (χ3v) is 4.10. The Balaban J connectivity index is 1.59. The molecule has 1 fully saturated rings. The number of carbonyl (C=O) groups excluding carboxylic acids is 1. The zero-order valence-electron chi connectivity index (χ0n) is 13.0. The quantitative estimate of drug-likeness (QED) is 0.874. The minimum atomic E-state index is -0.210. The number of halogens is 1. The van der Waals surface area contributed by atoms with E-state index in [1.807, 2.05) is 17.0 Å². The van der Waals surface area contributed by atoms with Crippen LogP contribution < -0.4 is 0 Å². The van der Waals surface area contributed by atoms with Crippen LogP contribution >= 0.6 is 0 Å². The summed E-state index contributed by atoms with van der Waals surface area (Å²) in [6.45, 7) is 4.01. The van der Waals surface area contributed by atoms with Crippen molar-refractivity contribution in [1.29, 1.82) is 0 Å². The van der Waals surface area contributed by atoms with Crippen LogP contribution in [0.3, 0.4) is 0 Å². The smallest absolute Gasteiger partial charge is 0.255 e. The number of hydrogen-bond donors (Lipinski definition) is 0. The van der Waals surface area contributed by atoms with Crippen molar-refractivity contribution in [3.63, 3.8) is 0 Å². The Kier molecular flexibility index (Phi) is 4.98. The molecule has 5 heteroatoms. The molecule has 120 valence electrons. The van der Waals surface area contributed by atoms with Gasteiger partial charge in [-0.15, -0.1) is 0 Å². The summed E-state index contributed by atoms with van der Waals surface area (Å²) in [4.78, 5) is 20.7. The van der Waals surface area contributed by atoms with Crippen LogP contribution in [0, 0.1) is 5.82 Å². The molecule has 0 bridgehead atoms. The highest BCUT2D eigenvalue weighted by atomic mass is 19.1. The van der Waals surface area contributed by atoms with Crippen molar-refractivity contribution in [1.82, 2.24) is 14.8 Å². The average molecular weight is 313 g/mol. The minimum absolute atomic E-state index is 0.0433. The van der Waals surface area contributed by atoms with Gasteiger partial charge in [0.15, 0.2) is 0 Å². The maximum atomic E-state index is 13.0. The van der Waals surface area contributed by atoms with Gasteiger partial charge >= 0.3 is 0 Å². The average Bonchev–Trinajstić information content (AvgIpc) is 2.83. The van der Waals surface area contributed by atoms with Crippen molar-refractivity contribution in [3.05, 3.63) is 65.7 Å². The minimum Gasteiger partial charge on any atom is -0.337 e. The van der Waals surface area contributed by atoms with Crippen LogP contribution in [0.15, 0.2) is 48.8 Å². The lowest BCUT2D eigenvalue weighted by atomic mass is 10.2. The van der Waals surface area contributed by atoms with E-state index in [0.29, 0.717) is 12.1 Å². The molecule has 0 unspecified atom stereocenters. The first-order valence-electron chi connectivity index (χ1n) is 7.88. The van der Waals surface area contributed by atoms with E-state index >= 15 is 0 Å². The van der Waals surface area contributed by atoms with Crippen LogP contribution in [0.2, 0.25) is 0 Å². The van der Waals surface area contributed by atoms with E-state index in [1.54, 1.807) is 24.5 Å². The normalized spacial score (nSPS) is 16.1. The van der Waals surface area contributed by atoms with Gasteiger partial charge < -0.3 is 4.90 Å². The first-order chi connectivity index (χ1) is 11.2. The molecule has 23 heavy (non-hydrogen) atoms. The summed E-state index contributed by atoms with van der Waals surface area (Å²) in [7, 11) is 0. The molecule has 1 aliphatic heterocycles. The molecule has 2 heterocycles. The van der Waals surface area contributed by atoms with E-state index in [-0.39, 0.29) is 11.7 Å². The van der Waals surface area contributed by atoms with Crippen molar-refractivity contribution in [3.8, 4) is 0 Å². The molecule has 0 aliphatic carbocycles. The highest BCUT2D eigenvalue weighted by Gasteiger charge is 2.20. The highest BCUT2D eigenvalue weighted by molar-refractivity contribution is 5.93. The zero-order chi connectivity index (χ0) is 16.1. The Morgan fingerprint density at radius 3 is 2.65 bits per heavy atom. The maximum absolute atomic E-state index is 13.0. The molecule has 0 N–H and O–H groups in total. The zero-order valence-corrected chi connectivity index (χ0v) is 13.0. The second-order valence-corrected chi connectivity index (χ2v) is 5.79. The molecule has 1 aliphatic rings. The summed E-state index contributed by atoms with van der Waals surface area (Å²) < 4.78 is 13.0. The number of carbonyl (C=O) groups is 1. The molecule has 4 nitrogen and oxygen atoms in total. The molecule has 0 atom stereocenters. The van der Waals surface area contributed by atoms with Crippen LogP contribution in [0.1, 0.15) is 22.3 Å². The van der Waals surface area contributed by atoms with Crippen LogP contribution in [0.25, 0.3) is 0 Å². The molecule has 1 aromatic heterocycles. The maximum Gasteiger partial charge on any atom is 0.255 e. The summed E-state index contributed by atoms with van der Waals surface area (Å²) in [5, 5.41) is 0. The van der Waals surface area contributed by atoms with E-state index in [9.17, 15) is 9.18 Å². The molecular weight excluding hydrogens is 293 g/mol. The van der Waals surface area contributed by atoms with Gasteiger partial charge in [-0.1, -0.05) is 12.1 Å². The van der Waals surface area contributed by atoms with Crippen LogP contribution in [0.5, 0.6) is 0 Å². The molecule has 1 aromatic carbocycles. The largest absolute Gasteiger partial charge is 0.337 e. The summed E-state index contributed by atoms with van der Waals surface area (Å²) in [5.74, 6) is -0.167. The Bertz CT molecular complexity index is 645. The summed E-state index contributed by atoms with van der Waals surface area (Å²) >= 11 is 0. The van der Waals surface area contributed by atoms with Gasteiger partial charge in [0.25, 0.3) is 5.91 Å². The number of nitrogens with zero attached hydrogens (tertiary/aromatic N) is 3. The van der Waals surface area contributed by atoms with Crippen LogP contribution in [0.4, 0.5) is 4.39 Å². The number of aromatic nitrogens is 1. The molecule has 0 radical (unpaired) electrons. The van der Waals surface area contributed by atoms with E-state index < -0.39 is 0 Å². The predicted molar refractivity (Wildman–Crippen MR) is 86.4 cm³/mol. The van der Waals surface area contributed by atoms with E-state index in [0.717, 1.165) is 38.2 Å². The lowest BCUT2D eigenvalue weighted by Crippen LogP contribution is -2.35. The number of hydrogen-bond acceptors (Lipinski definition) is 3. The summed E-state index contributed by atoms with van der Waals surface area (Å²) in [6.07, 6.45) is 4.22. The monoisotopic (exact) mass is 313 g/mol. The third-order valence-electron chi connectivity index (χ3n) is 4.10. The standard InChI is InChI=1S/C18H20FN3O/c19-17-6-4-15(5-7-17)14-21-9-2-10-22(12-11-21)18(23)16-3-1-8-20-13-16/h1,3-8,13H,2,9-12,14H2. The molecular formula is C18H20FN3O. The molecule has 1 saturated heterocycles. The lowest BCUT2D eigenvalue weighted by Gasteiger charge is -2.22. The molecule has 2 aromatic rings. The van der Waals surface area contributed by atoms with Crippen molar-refractivity contribution in [2.75, 3.05) is 26.2 Å². The van der Waals surface area contributed by atoms with E-state index in [4.69, 9.17) is 0 Å². The van der Waals surface area contributed by atoms with E-state index in [1.165, 1.54) is 12.1 Å². The second-order valence-electron chi connectivity index (χ2n) is 5.79. The molecule has 0 saturated carbocycles. The number of amides is 1. The molecule has 3 rings (SSSR count). The first-order valence-corrected chi connectivity index (χ1v) is 7.88. The Hall–Kier alpha value is -2.27. The van der Waals surface area contributed by atoms with Gasteiger partial charge in [-0.3, -0.25) is 14.7 Å². The Morgan fingerprint density at radius 2 is 1.91 bits per heavy atom. The number of rotatable bonds is 3. The fraction of sp³-hybridized carbons (Fsp3) is 0.333. The third kappa shape index (κ3) is 4.13. The second kappa shape index (κ2) is 7.33. The van der Waals surface area contributed by atoms with E-state index in [2.05, 4.69) is 9.88 Å². The van der Waals surface area contributed by atoms with Gasteiger partial charge in [0.1, 0.15) is 5.82 Å².